The molecule has 1 saturated carbocycles. The lowest BCUT2D eigenvalue weighted by molar-refractivity contribution is 0.0530. The minimum absolute atomic E-state index is 0.0535. The van der Waals surface area contributed by atoms with E-state index in [1.807, 2.05) is 0 Å². The van der Waals surface area contributed by atoms with Crippen molar-refractivity contribution >= 4 is 0 Å². The third-order valence-corrected chi connectivity index (χ3v) is 4.22. The molecule has 0 amide bonds. The van der Waals surface area contributed by atoms with Gasteiger partial charge in [-0.3, -0.25) is 0 Å². The highest BCUT2D eigenvalue weighted by molar-refractivity contribution is 5.27. The number of nitrogens with one attached hydrogen (secondary N) is 1. The van der Waals surface area contributed by atoms with Gasteiger partial charge in [-0.05, 0) is 24.8 Å². The van der Waals surface area contributed by atoms with Crippen LogP contribution in [0.1, 0.15) is 30.7 Å². The summed E-state index contributed by atoms with van der Waals surface area (Å²) in [6, 6.07) is 11.4. The average Bonchev–Trinajstić information content (AvgIpc) is 3.18. The van der Waals surface area contributed by atoms with E-state index in [4.69, 9.17) is 10.5 Å². The number of nitrogens with two attached hydrogens (primary N) is 1. The first kappa shape index (κ1) is 12.2. The van der Waals surface area contributed by atoms with Gasteiger partial charge in [0.25, 0.3) is 0 Å². The largest absolute Gasteiger partial charge is 0.381 e. The van der Waals surface area contributed by atoms with E-state index in [9.17, 15) is 0 Å². The van der Waals surface area contributed by atoms with Gasteiger partial charge in [-0.25, -0.2) is 0 Å². The van der Waals surface area contributed by atoms with E-state index in [0.29, 0.717) is 12.0 Å². The zero-order chi connectivity index (χ0) is 12.4. The SMILES string of the molecule is NC1(CNC2CC2c2ccccc2)CCOCC1. The van der Waals surface area contributed by atoms with Crippen molar-refractivity contribution in [3.63, 3.8) is 0 Å². The molecule has 0 spiro atoms. The molecule has 0 radical (unpaired) electrons. The summed E-state index contributed by atoms with van der Waals surface area (Å²) in [5.41, 5.74) is 7.78. The monoisotopic (exact) mass is 246 g/mol. The molecule has 3 rings (SSSR count). The predicted molar refractivity (Wildman–Crippen MR) is 72.6 cm³/mol. The molecular weight excluding hydrogens is 224 g/mol. The van der Waals surface area contributed by atoms with Crippen molar-refractivity contribution in [1.29, 1.82) is 0 Å². The molecule has 1 heterocycles. The van der Waals surface area contributed by atoms with Crippen LogP contribution in [0, 0.1) is 0 Å². The Morgan fingerprint density at radius 2 is 1.94 bits per heavy atom. The molecule has 98 valence electrons. The van der Waals surface area contributed by atoms with Gasteiger partial charge in [-0.15, -0.1) is 0 Å². The molecule has 18 heavy (non-hydrogen) atoms. The Morgan fingerprint density at radius 1 is 1.22 bits per heavy atom. The molecular formula is C15H22N2O. The third-order valence-electron chi connectivity index (χ3n) is 4.22. The van der Waals surface area contributed by atoms with Gasteiger partial charge in [-0.1, -0.05) is 30.3 Å². The third kappa shape index (κ3) is 2.74. The summed E-state index contributed by atoms with van der Waals surface area (Å²) < 4.78 is 5.37. The molecule has 2 aliphatic rings. The molecule has 3 N–H and O–H groups in total. The molecule has 2 atom stereocenters. The van der Waals surface area contributed by atoms with E-state index in [2.05, 4.69) is 35.6 Å². The molecule has 3 heteroatoms. The maximum atomic E-state index is 6.38. The minimum atomic E-state index is -0.0535. The highest BCUT2D eigenvalue weighted by Gasteiger charge is 2.39. The summed E-state index contributed by atoms with van der Waals surface area (Å²) in [4.78, 5) is 0. The maximum absolute atomic E-state index is 6.38. The maximum Gasteiger partial charge on any atom is 0.0484 e. The van der Waals surface area contributed by atoms with Crippen molar-refractivity contribution in [2.45, 2.75) is 36.8 Å². The quantitative estimate of drug-likeness (QED) is 0.849. The highest BCUT2D eigenvalue weighted by atomic mass is 16.5. The number of hydrogen-bond donors (Lipinski definition) is 2. The fourth-order valence-electron chi connectivity index (χ4n) is 2.78. The van der Waals surface area contributed by atoms with E-state index < -0.39 is 0 Å². The van der Waals surface area contributed by atoms with Crippen molar-refractivity contribution in [2.24, 2.45) is 5.73 Å². The van der Waals surface area contributed by atoms with Gasteiger partial charge >= 0.3 is 0 Å². The second kappa shape index (κ2) is 5.00. The normalized spacial score (nSPS) is 30.1. The van der Waals surface area contributed by atoms with E-state index in [1.54, 1.807) is 0 Å². The summed E-state index contributed by atoms with van der Waals surface area (Å²) in [6.07, 6.45) is 3.20. The van der Waals surface area contributed by atoms with Crippen molar-refractivity contribution in [1.82, 2.24) is 5.32 Å². The van der Waals surface area contributed by atoms with Crippen LogP contribution in [0.15, 0.2) is 30.3 Å². The van der Waals surface area contributed by atoms with Gasteiger partial charge < -0.3 is 15.8 Å². The molecule has 0 aromatic heterocycles. The van der Waals surface area contributed by atoms with Crippen LogP contribution < -0.4 is 11.1 Å². The lowest BCUT2D eigenvalue weighted by Gasteiger charge is -2.33. The predicted octanol–water partition coefficient (Wildman–Crippen LogP) is 1.64. The van der Waals surface area contributed by atoms with Crippen LogP contribution in [0.4, 0.5) is 0 Å². The van der Waals surface area contributed by atoms with Gasteiger partial charge in [0.1, 0.15) is 0 Å². The Labute approximate surface area is 109 Å². The summed E-state index contributed by atoms with van der Waals surface area (Å²) >= 11 is 0. The van der Waals surface area contributed by atoms with Gasteiger partial charge in [0.2, 0.25) is 0 Å². The van der Waals surface area contributed by atoms with Crippen LogP contribution in [-0.2, 0) is 4.74 Å². The Morgan fingerprint density at radius 3 is 2.67 bits per heavy atom. The summed E-state index contributed by atoms with van der Waals surface area (Å²) in [5.74, 6) is 0.689. The van der Waals surface area contributed by atoms with Crippen LogP contribution in [-0.4, -0.2) is 31.3 Å². The van der Waals surface area contributed by atoms with Crippen LogP contribution in [0.25, 0.3) is 0 Å². The zero-order valence-corrected chi connectivity index (χ0v) is 10.8. The van der Waals surface area contributed by atoms with Crippen LogP contribution >= 0.6 is 0 Å². The molecule has 0 bridgehead atoms. The second-order valence-electron chi connectivity index (χ2n) is 5.72. The first-order chi connectivity index (χ1) is 8.77. The van der Waals surface area contributed by atoms with E-state index in [1.165, 1.54) is 12.0 Å². The Hall–Kier alpha value is -0.900. The minimum Gasteiger partial charge on any atom is -0.381 e. The molecule has 1 aliphatic heterocycles. The average molecular weight is 246 g/mol. The highest BCUT2D eigenvalue weighted by Crippen LogP contribution is 2.40. The smallest absolute Gasteiger partial charge is 0.0484 e. The van der Waals surface area contributed by atoms with Gasteiger partial charge in [0, 0.05) is 37.3 Å². The Bertz CT molecular complexity index is 387. The van der Waals surface area contributed by atoms with Crippen molar-refractivity contribution < 1.29 is 4.74 Å². The fourth-order valence-corrected chi connectivity index (χ4v) is 2.78. The fraction of sp³-hybridized carbons (Fsp3) is 0.600. The van der Waals surface area contributed by atoms with Gasteiger partial charge in [-0.2, -0.15) is 0 Å². The van der Waals surface area contributed by atoms with Crippen molar-refractivity contribution in [3.8, 4) is 0 Å². The molecule has 3 nitrogen and oxygen atoms in total. The molecule has 2 unspecified atom stereocenters. The number of hydrogen-bond acceptors (Lipinski definition) is 3. The summed E-state index contributed by atoms with van der Waals surface area (Å²) in [7, 11) is 0. The number of rotatable bonds is 4. The Balaban J connectivity index is 1.48. The zero-order valence-electron chi connectivity index (χ0n) is 10.8. The van der Waals surface area contributed by atoms with E-state index in [-0.39, 0.29) is 5.54 Å². The molecule has 2 fully saturated rings. The van der Waals surface area contributed by atoms with E-state index >= 15 is 0 Å². The second-order valence-corrected chi connectivity index (χ2v) is 5.72. The van der Waals surface area contributed by atoms with Crippen molar-refractivity contribution in [3.05, 3.63) is 35.9 Å². The van der Waals surface area contributed by atoms with Crippen LogP contribution in [0.3, 0.4) is 0 Å². The lowest BCUT2D eigenvalue weighted by atomic mass is 9.91. The van der Waals surface area contributed by atoms with Crippen LogP contribution in [0.5, 0.6) is 0 Å². The van der Waals surface area contributed by atoms with Gasteiger partial charge in [0.05, 0.1) is 0 Å². The molecule has 1 aromatic rings. The van der Waals surface area contributed by atoms with Crippen molar-refractivity contribution in [2.75, 3.05) is 19.8 Å². The first-order valence-corrected chi connectivity index (χ1v) is 6.92. The van der Waals surface area contributed by atoms with Gasteiger partial charge in [0.15, 0.2) is 0 Å². The number of benzene rings is 1. The number of ether oxygens (including phenoxy) is 1. The Kier molecular flexibility index (Phi) is 3.37. The molecule has 1 aliphatic carbocycles. The standard InChI is InChI=1S/C15H22N2O/c16-15(6-8-18-9-7-15)11-17-14-10-13(14)12-4-2-1-3-5-12/h1-5,13-14,17H,6-11,16H2. The topological polar surface area (TPSA) is 47.3 Å². The summed E-state index contributed by atoms with van der Waals surface area (Å²) in [5, 5.41) is 3.63. The first-order valence-electron chi connectivity index (χ1n) is 6.92. The lowest BCUT2D eigenvalue weighted by Crippen LogP contribution is -2.52. The summed E-state index contributed by atoms with van der Waals surface area (Å²) in [6.45, 7) is 2.54. The van der Waals surface area contributed by atoms with E-state index in [0.717, 1.165) is 32.6 Å². The molecule has 1 saturated heterocycles. The molecule has 1 aromatic carbocycles. The van der Waals surface area contributed by atoms with Crippen LogP contribution in [0.2, 0.25) is 0 Å².